The quantitative estimate of drug-likeness (QED) is 0.501. The van der Waals surface area contributed by atoms with Gasteiger partial charge in [-0.25, -0.2) is 4.79 Å². The molecule has 0 spiro atoms. The summed E-state index contributed by atoms with van der Waals surface area (Å²) in [5.74, 6) is -0.420. The summed E-state index contributed by atoms with van der Waals surface area (Å²) in [7, 11) is 0. The van der Waals surface area contributed by atoms with Gasteiger partial charge in [0, 0.05) is 11.5 Å². The molecule has 106 valence electrons. The van der Waals surface area contributed by atoms with Gasteiger partial charge < -0.3 is 10.8 Å². The maximum absolute atomic E-state index is 11.7. The highest BCUT2D eigenvalue weighted by Crippen LogP contribution is 2.40. The number of hydrogen-bond acceptors (Lipinski definition) is 7. The number of amides is 1. The van der Waals surface area contributed by atoms with Crippen molar-refractivity contribution in [3.63, 3.8) is 0 Å². The molecule has 0 saturated carbocycles. The fourth-order valence-electron chi connectivity index (χ4n) is 2.11. The minimum absolute atomic E-state index is 0.0662. The number of nitrogens with zero attached hydrogens (tertiary/aromatic N) is 3. The molecule has 1 aromatic rings. The molecule has 20 heavy (non-hydrogen) atoms. The first-order valence-corrected chi connectivity index (χ1v) is 7.77. The van der Waals surface area contributed by atoms with E-state index in [9.17, 15) is 14.7 Å². The SMILES string of the molecule is N[C@H]1C(=O)N2C(C(=O)O)=C(CSc3cn[nH]n3)CS[C@@H]12. The average Bonchev–Trinajstić information content (AvgIpc) is 2.96. The molecule has 1 saturated heterocycles. The van der Waals surface area contributed by atoms with Gasteiger partial charge in [-0.2, -0.15) is 10.3 Å². The number of aromatic nitrogens is 3. The Labute approximate surface area is 122 Å². The number of carboxylic acid groups (broad SMARTS) is 1. The number of aromatic amines is 1. The van der Waals surface area contributed by atoms with Crippen LogP contribution in [0.3, 0.4) is 0 Å². The maximum atomic E-state index is 11.7. The Morgan fingerprint density at radius 1 is 1.70 bits per heavy atom. The van der Waals surface area contributed by atoms with Crippen LogP contribution in [0.2, 0.25) is 0 Å². The fourth-order valence-corrected chi connectivity index (χ4v) is 4.33. The van der Waals surface area contributed by atoms with Crippen LogP contribution in [0.25, 0.3) is 0 Å². The van der Waals surface area contributed by atoms with Gasteiger partial charge in [0.25, 0.3) is 0 Å². The van der Waals surface area contributed by atoms with Crippen LogP contribution in [-0.4, -0.2) is 60.2 Å². The lowest BCUT2D eigenvalue weighted by molar-refractivity contribution is -0.147. The zero-order valence-corrected chi connectivity index (χ0v) is 11.8. The number of carbonyl (C=O) groups is 2. The van der Waals surface area contributed by atoms with Crippen molar-refractivity contribution in [2.75, 3.05) is 11.5 Å². The topological polar surface area (TPSA) is 125 Å². The molecule has 1 amide bonds. The molecule has 0 bridgehead atoms. The molecule has 0 radical (unpaired) electrons. The lowest BCUT2D eigenvalue weighted by atomic mass is 10.0. The van der Waals surface area contributed by atoms with Gasteiger partial charge in [-0.05, 0) is 5.57 Å². The van der Waals surface area contributed by atoms with E-state index in [1.807, 2.05) is 0 Å². The molecule has 10 heteroatoms. The van der Waals surface area contributed by atoms with Crippen LogP contribution >= 0.6 is 23.5 Å². The monoisotopic (exact) mass is 313 g/mol. The number of fused-ring (bicyclic) bond motifs is 1. The number of nitrogens with one attached hydrogen (secondary N) is 1. The first-order chi connectivity index (χ1) is 9.59. The van der Waals surface area contributed by atoms with E-state index in [-0.39, 0.29) is 17.0 Å². The predicted octanol–water partition coefficient (Wildman–Crippen LogP) is -0.522. The predicted molar refractivity (Wildman–Crippen MR) is 72.8 cm³/mol. The van der Waals surface area contributed by atoms with E-state index in [1.54, 1.807) is 6.20 Å². The molecular weight excluding hydrogens is 302 g/mol. The Balaban J connectivity index is 1.82. The van der Waals surface area contributed by atoms with Crippen molar-refractivity contribution >= 4 is 35.4 Å². The molecule has 2 atom stereocenters. The molecule has 3 rings (SSSR count). The minimum atomic E-state index is -1.09. The van der Waals surface area contributed by atoms with Crippen LogP contribution in [0.15, 0.2) is 22.5 Å². The summed E-state index contributed by atoms with van der Waals surface area (Å²) in [6, 6.07) is -0.598. The van der Waals surface area contributed by atoms with Gasteiger partial charge in [-0.15, -0.1) is 16.9 Å². The molecule has 1 fully saturated rings. The summed E-state index contributed by atoms with van der Waals surface area (Å²) in [5.41, 5.74) is 6.45. The highest BCUT2D eigenvalue weighted by atomic mass is 32.2. The van der Waals surface area contributed by atoms with E-state index in [2.05, 4.69) is 15.4 Å². The van der Waals surface area contributed by atoms with Crippen molar-refractivity contribution < 1.29 is 14.7 Å². The highest BCUT2D eigenvalue weighted by molar-refractivity contribution is 8.01. The average molecular weight is 313 g/mol. The fraction of sp³-hybridized carbons (Fsp3) is 0.400. The zero-order valence-electron chi connectivity index (χ0n) is 10.1. The van der Waals surface area contributed by atoms with E-state index < -0.39 is 12.0 Å². The Hall–Kier alpha value is -1.52. The molecule has 2 aliphatic heterocycles. The van der Waals surface area contributed by atoms with E-state index in [4.69, 9.17) is 5.73 Å². The van der Waals surface area contributed by atoms with Gasteiger partial charge in [0.1, 0.15) is 22.1 Å². The zero-order chi connectivity index (χ0) is 14.3. The van der Waals surface area contributed by atoms with Crippen LogP contribution < -0.4 is 5.73 Å². The number of hydrogen-bond donors (Lipinski definition) is 3. The second-order valence-electron chi connectivity index (χ2n) is 4.29. The normalized spacial score (nSPS) is 25.4. The second kappa shape index (κ2) is 5.11. The summed E-state index contributed by atoms with van der Waals surface area (Å²) < 4.78 is 0. The third-order valence-corrected chi connectivity index (χ3v) is 5.42. The molecule has 4 N–H and O–H groups in total. The molecule has 0 aliphatic carbocycles. The van der Waals surface area contributed by atoms with Gasteiger partial charge >= 0.3 is 5.97 Å². The molecule has 0 unspecified atom stereocenters. The Kier molecular flexibility index (Phi) is 3.44. The number of β-lactam (4-membered cyclic amide) rings is 1. The molecule has 2 aliphatic rings. The Morgan fingerprint density at radius 2 is 2.50 bits per heavy atom. The number of thioether (sulfide) groups is 2. The number of carbonyl (C=O) groups excluding carboxylic acids is 1. The van der Waals surface area contributed by atoms with Crippen LogP contribution in [0, 0.1) is 0 Å². The summed E-state index contributed by atoms with van der Waals surface area (Å²) in [5, 5.41) is 19.8. The van der Waals surface area contributed by atoms with Crippen molar-refractivity contribution in [2.24, 2.45) is 5.73 Å². The van der Waals surface area contributed by atoms with Gasteiger partial charge in [0.15, 0.2) is 0 Å². The Morgan fingerprint density at radius 3 is 3.15 bits per heavy atom. The smallest absolute Gasteiger partial charge is 0.352 e. The van der Waals surface area contributed by atoms with Crippen LogP contribution in [0.4, 0.5) is 0 Å². The minimum Gasteiger partial charge on any atom is -0.477 e. The van der Waals surface area contributed by atoms with Crippen molar-refractivity contribution in [3.8, 4) is 0 Å². The number of aliphatic carboxylic acids is 1. The van der Waals surface area contributed by atoms with E-state index >= 15 is 0 Å². The van der Waals surface area contributed by atoms with E-state index in [1.165, 1.54) is 28.4 Å². The number of rotatable bonds is 4. The lowest BCUT2D eigenvalue weighted by Gasteiger charge is -2.48. The standard InChI is InChI=1S/C10H11N5O3S2/c11-6-8(16)15-7(10(17)18)4(3-20-9(6)15)2-19-5-1-12-14-13-5/h1,6,9H,2-3,11H2,(H,17,18)(H,12,13,14)/t6-,9-/m0/s1. The van der Waals surface area contributed by atoms with Crippen molar-refractivity contribution in [1.82, 2.24) is 20.3 Å². The van der Waals surface area contributed by atoms with Gasteiger partial charge in [0.2, 0.25) is 5.91 Å². The summed E-state index contributed by atoms with van der Waals surface area (Å²) in [4.78, 5) is 24.5. The summed E-state index contributed by atoms with van der Waals surface area (Å²) >= 11 is 2.87. The van der Waals surface area contributed by atoms with E-state index in [0.29, 0.717) is 22.1 Å². The molecule has 1 aromatic heterocycles. The lowest BCUT2D eigenvalue weighted by Crippen LogP contribution is -2.68. The van der Waals surface area contributed by atoms with Crippen molar-refractivity contribution in [2.45, 2.75) is 16.4 Å². The maximum Gasteiger partial charge on any atom is 0.352 e. The van der Waals surface area contributed by atoms with Gasteiger partial charge in [-0.1, -0.05) is 11.8 Å². The summed E-state index contributed by atoms with van der Waals surface area (Å²) in [6.07, 6.45) is 1.56. The second-order valence-corrected chi connectivity index (χ2v) is 6.39. The number of carboxylic acids is 1. The van der Waals surface area contributed by atoms with Crippen molar-refractivity contribution in [1.29, 1.82) is 0 Å². The largest absolute Gasteiger partial charge is 0.477 e. The third kappa shape index (κ3) is 2.09. The molecular formula is C10H11N5O3S2. The Bertz CT molecular complexity index is 588. The van der Waals surface area contributed by atoms with Gasteiger partial charge in [-0.3, -0.25) is 9.69 Å². The molecule has 3 heterocycles. The highest BCUT2D eigenvalue weighted by Gasteiger charge is 2.51. The van der Waals surface area contributed by atoms with Crippen LogP contribution in [0.5, 0.6) is 0 Å². The number of nitrogens with two attached hydrogens (primary N) is 1. The van der Waals surface area contributed by atoms with E-state index in [0.717, 1.165) is 0 Å². The number of H-pyrrole nitrogens is 1. The third-order valence-electron chi connectivity index (χ3n) is 3.08. The first-order valence-electron chi connectivity index (χ1n) is 5.73. The van der Waals surface area contributed by atoms with Crippen molar-refractivity contribution in [3.05, 3.63) is 17.5 Å². The summed E-state index contributed by atoms with van der Waals surface area (Å²) in [6.45, 7) is 0. The molecule has 8 nitrogen and oxygen atoms in total. The first kappa shape index (κ1) is 13.5. The van der Waals surface area contributed by atoms with Gasteiger partial charge in [0.05, 0.1) is 6.20 Å². The van der Waals surface area contributed by atoms with Crippen LogP contribution in [-0.2, 0) is 9.59 Å². The van der Waals surface area contributed by atoms with Crippen LogP contribution in [0.1, 0.15) is 0 Å². The molecule has 0 aromatic carbocycles.